The van der Waals surface area contributed by atoms with Crippen LogP contribution in [0.5, 0.6) is 0 Å². The van der Waals surface area contributed by atoms with Gasteiger partial charge in [-0.2, -0.15) is 0 Å². The Bertz CT molecular complexity index is 402. The van der Waals surface area contributed by atoms with E-state index in [0.717, 1.165) is 13.0 Å². The molecule has 96 valence electrons. The molecule has 0 amide bonds. The van der Waals surface area contributed by atoms with Crippen molar-refractivity contribution in [2.45, 2.75) is 19.4 Å². The van der Waals surface area contributed by atoms with Crippen LogP contribution in [0.25, 0.3) is 0 Å². The lowest BCUT2D eigenvalue weighted by atomic mass is 10.2. The van der Waals surface area contributed by atoms with Gasteiger partial charge in [0, 0.05) is 22.8 Å². The summed E-state index contributed by atoms with van der Waals surface area (Å²) in [4.78, 5) is 10.6. The molecule has 5 nitrogen and oxygen atoms in total. The predicted octanol–water partition coefficient (Wildman–Crippen LogP) is 1.40. The maximum absolute atomic E-state index is 10.8. The minimum atomic E-state index is -1.06. The molecular formula is C11H17NO4S. The first-order chi connectivity index (χ1) is 8.00. The number of hydrogen-bond acceptors (Lipinski definition) is 4. The normalized spacial score (nSPS) is 14.5. The van der Waals surface area contributed by atoms with E-state index in [0.29, 0.717) is 11.5 Å². The smallest absolute Gasteiger partial charge is 0.371 e. The molecule has 0 saturated carbocycles. The summed E-state index contributed by atoms with van der Waals surface area (Å²) in [5, 5.41) is 11.9. The van der Waals surface area contributed by atoms with Crippen molar-refractivity contribution in [3.63, 3.8) is 0 Å². The minimum Gasteiger partial charge on any atom is -0.475 e. The first-order valence-electron chi connectivity index (χ1n) is 5.37. The van der Waals surface area contributed by atoms with Crippen molar-refractivity contribution in [2.24, 2.45) is 0 Å². The Balaban J connectivity index is 2.38. The second-order valence-electron chi connectivity index (χ2n) is 3.81. The number of carboxylic acid groups (broad SMARTS) is 1. The third kappa shape index (κ3) is 4.70. The van der Waals surface area contributed by atoms with E-state index in [1.165, 1.54) is 6.07 Å². The molecule has 1 rings (SSSR count). The van der Waals surface area contributed by atoms with Crippen LogP contribution in [0.3, 0.4) is 0 Å². The van der Waals surface area contributed by atoms with Crippen molar-refractivity contribution in [1.82, 2.24) is 5.32 Å². The lowest BCUT2D eigenvalue weighted by Crippen LogP contribution is -2.20. The molecule has 0 radical (unpaired) electrons. The second kappa shape index (κ2) is 6.56. The van der Waals surface area contributed by atoms with Crippen molar-refractivity contribution in [3.8, 4) is 0 Å². The van der Waals surface area contributed by atoms with Crippen LogP contribution >= 0.6 is 0 Å². The van der Waals surface area contributed by atoms with Crippen LogP contribution < -0.4 is 5.32 Å². The van der Waals surface area contributed by atoms with E-state index in [1.807, 2.05) is 6.92 Å². The van der Waals surface area contributed by atoms with Crippen LogP contribution in [0.4, 0.5) is 0 Å². The maximum atomic E-state index is 10.8. The first-order valence-corrected chi connectivity index (χ1v) is 7.10. The van der Waals surface area contributed by atoms with Crippen molar-refractivity contribution in [2.75, 3.05) is 18.6 Å². The molecule has 0 aliphatic heterocycles. The van der Waals surface area contributed by atoms with Gasteiger partial charge in [0.05, 0.1) is 6.04 Å². The molecule has 0 aromatic carbocycles. The maximum Gasteiger partial charge on any atom is 0.371 e. The average molecular weight is 259 g/mol. The highest BCUT2D eigenvalue weighted by Crippen LogP contribution is 2.16. The highest BCUT2D eigenvalue weighted by molar-refractivity contribution is 7.84. The number of rotatable bonds is 7. The Morgan fingerprint density at radius 2 is 2.29 bits per heavy atom. The predicted molar refractivity (Wildman–Crippen MR) is 65.6 cm³/mol. The minimum absolute atomic E-state index is 0.0478. The summed E-state index contributed by atoms with van der Waals surface area (Å²) >= 11 is 0. The van der Waals surface area contributed by atoms with Gasteiger partial charge in [-0.05, 0) is 32.0 Å². The lowest BCUT2D eigenvalue weighted by molar-refractivity contribution is 0.0659. The van der Waals surface area contributed by atoms with Crippen molar-refractivity contribution < 1.29 is 18.5 Å². The Morgan fingerprint density at radius 3 is 2.82 bits per heavy atom. The van der Waals surface area contributed by atoms with Crippen LogP contribution in [0, 0.1) is 0 Å². The van der Waals surface area contributed by atoms with Gasteiger partial charge in [0.1, 0.15) is 5.76 Å². The summed E-state index contributed by atoms with van der Waals surface area (Å²) < 4.78 is 16.0. The SMILES string of the molecule is CC(NCCCS(C)=O)c1ccc(C(=O)O)o1. The summed E-state index contributed by atoms with van der Waals surface area (Å²) in [6.45, 7) is 2.62. The molecule has 2 N–H and O–H groups in total. The Morgan fingerprint density at radius 1 is 1.59 bits per heavy atom. The molecule has 0 spiro atoms. The zero-order chi connectivity index (χ0) is 12.8. The fourth-order valence-electron chi connectivity index (χ4n) is 1.40. The number of carbonyl (C=O) groups is 1. The van der Waals surface area contributed by atoms with Gasteiger partial charge in [-0.25, -0.2) is 4.79 Å². The molecular weight excluding hydrogens is 242 g/mol. The van der Waals surface area contributed by atoms with Gasteiger partial charge in [-0.15, -0.1) is 0 Å². The standard InChI is InChI=1S/C11H17NO4S/c1-8(12-6-3-7-17(2)15)9-4-5-10(16-9)11(13)14/h4-5,8,12H,3,6-7H2,1-2H3,(H,13,14). The van der Waals surface area contributed by atoms with E-state index in [2.05, 4.69) is 5.32 Å². The van der Waals surface area contributed by atoms with Crippen LogP contribution in [0.2, 0.25) is 0 Å². The van der Waals surface area contributed by atoms with Crippen LogP contribution in [0.15, 0.2) is 16.5 Å². The van der Waals surface area contributed by atoms with Crippen LogP contribution in [0.1, 0.15) is 35.7 Å². The molecule has 1 aromatic heterocycles. The summed E-state index contributed by atoms with van der Waals surface area (Å²) in [7, 11) is -0.768. The van der Waals surface area contributed by atoms with E-state index in [9.17, 15) is 9.00 Å². The fourth-order valence-corrected chi connectivity index (χ4v) is 1.95. The zero-order valence-electron chi connectivity index (χ0n) is 9.93. The fraction of sp³-hybridized carbons (Fsp3) is 0.545. The third-order valence-electron chi connectivity index (χ3n) is 2.32. The monoisotopic (exact) mass is 259 g/mol. The van der Waals surface area contributed by atoms with Crippen molar-refractivity contribution in [1.29, 1.82) is 0 Å². The molecule has 0 fully saturated rings. The summed E-state index contributed by atoms with van der Waals surface area (Å²) in [5.74, 6) is 0.145. The largest absolute Gasteiger partial charge is 0.475 e. The van der Waals surface area contributed by atoms with Gasteiger partial charge < -0.3 is 14.8 Å². The van der Waals surface area contributed by atoms with Crippen molar-refractivity contribution >= 4 is 16.8 Å². The highest BCUT2D eigenvalue weighted by Gasteiger charge is 2.13. The summed E-state index contributed by atoms with van der Waals surface area (Å²) in [5.41, 5.74) is 0. The molecule has 17 heavy (non-hydrogen) atoms. The number of hydrogen-bond donors (Lipinski definition) is 2. The zero-order valence-corrected chi connectivity index (χ0v) is 10.8. The lowest BCUT2D eigenvalue weighted by Gasteiger charge is -2.10. The van der Waals surface area contributed by atoms with Crippen molar-refractivity contribution in [3.05, 3.63) is 23.7 Å². The second-order valence-corrected chi connectivity index (χ2v) is 5.37. The number of nitrogens with one attached hydrogen (secondary N) is 1. The first kappa shape index (κ1) is 13.9. The highest BCUT2D eigenvalue weighted by atomic mass is 32.2. The third-order valence-corrected chi connectivity index (χ3v) is 3.19. The molecule has 2 unspecified atom stereocenters. The van der Waals surface area contributed by atoms with E-state index >= 15 is 0 Å². The molecule has 2 atom stereocenters. The number of carboxylic acids is 1. The van der Waals surface area contributed by atoms with E-state index in [4.69, 9.17) is 9.52 Å². The van der Waals surface area contributed by atoms with E-state index < -0.39 is 16.8 Å². The molecule has 0 aliphatic rings. The summed E-state index contributed by atoms with van der Waals surface area (Å²) in [6.07, 6.45) is 2.50. The van der Waals surface area contributed by atoms with Gasteiger partial charge in [0.15, 0.2) is 0 Å². The molecule has 1 aromatic rings. The number of furan rings is 1. The van der Waals surface area contributed by atoms with E-state index in [-0.39, 0.29) is 11.8 Å². The molecule has 0 saturated heterocycles. The van der Waals surface area contributed by atoms with Gasteiger partial charge in [0.25, 0.3) is 0 Å². The van der Waals surface area contributed by atoms with Crippen LogP contribution in [-0.4, -0.2) is 33.8 Å². The van der Waals surface area contributed by atoms with Gasteiger partial charge in [-0.1, -0.05) is 0 Å². The number of aromatic carboxylic acids is 1. The molecule has 1 heterocycles. The topological polar surface area (TPSA) is 79.5 Å². The quantitative estimate of drug-likeness (QED) is 0.723. The van der Waals surface area contributed by atoms with Gasteiger partial charge >= 0.3 is 5.97 Å². The Hall–Kier alpha value is -1.14. The average Bonchev–Trinajstić information content (AvgIpc) is 2.73. The van der Waals surface area contributed by atoms with Crippen LogP contribution in [-0.2, 0) is 10.8 Å². The molecule has 0 bridgehead atoms. The Labute approximate surface area is 103 Å². The Kier molecular flexibility index (Phi) is 5.37. The summed E-state index contributed by atoms with van der Waals surface area (Å²) in [6, 6.07) is 3.05. The van der Waals surface area contributed by atoms with Gasteiger partial charge in [-0.3, -0.25) is 4.21 Å². The molecule has 0 aliphatic carbocycles. The van der Waals surface area contributed by atoms with Gasteiger partial charge in [0.2, 0.25) is 5.76 Å². The molecule has 6 heteroatoms. The van der Waals surface area contributed by atoms with E-state index in [1.54, 1.807) is 12.3 Å².